The molecule has 0 aromatic heterocycles. The lowest BCUT2D eigenvalue weighted by molar-refractivity contribution is -0.135. The highest BCUT2D eigenvalue weighted by Crippen LogP contribution is 2.14. The van der Waals surface area contributed by atoms with Gasteiger partial charge in [0.1, 0.15) is 5.94 Å². The average molecular weight is 253 g/mol. The highest BCUT2D eigenvalue weighted by Gasteiger charge is 2.21. The molecular weight excluding hydrogens is 238 g/mol. The summed E-state index contributed by atoms with van der Waals surface area (Å²) in [5, 5.41) is 10.0. The van der Waals surface area contributed by atoms with Crippen LogP contribution < -0.4 is 16.8 Å². The molecule has 7 heteroatoms. The van der Waals surface area contributed by atoms with Gasteiger partial charge in [-0.25, -0.2) is 4.79 Å². The SMILES string of the molecule is CNC(=O)C1=CC=CC(=C=O)C1N.NCC(=O)O. The number of likely N-dealkylation sites (N-methyl/N-ethyl adjacent to an activating group) is 1. The molecule has 0 aromatic rings. The van der Waals surface area contributed by atoms with Crippen molar-refractivity contribution in [2.24, 2.45) is 11.5 Å². The van der Waals surface area contributed by atoms with Gasteiger partial charge in [-0.1, -0.05) is 12.2 Å². The van der Waals surface area contributed by atoms with Crippen LogP contribution in [0, 0.1) is 0 Å². The topological polar surface area (TPSA) is 136 Å². The fourth-order valence-electron chi connectivity index (χ4n) is 1.09. The van der Waals surface area contributed by atoms with Gasteiger partial charge in [0.25, 0.3) is 0 Å². The Morgan fingerprint density at radius 3 is 2.50 bits per heavy atom. The van der Waals surface area contributed by atoms with Crippen LogP contribution in [-0.4, -0.2) is 42.6 Å². The van der Waals surface area contributed by atoms with Crippen LogP contribution in [0.3, 0.4) is 0 Å². The van der Waals surface area contributed by atoms with E-state index in [2.05, 4.69) is 11.1 Å². The van der Waals surface area contributed by atoms with Gasteiger partial charge >= 0.3 is 5.97 Å². The Morgan fingerprint density at radius 2 is 2.11 bits per heavy atom. The third-order valence-corrected chi connectivity index (χ3v) is 2.00. The summed E-state index contributed by atoms with van der Waals surface area (Å²) in [7, 11) is 1.51. The van der Waals surface area contributed by atoms with Crippen LogP contribution in [0.1, 0.15) is 0 Å². The molecule has 0 aromatic carbocycles. The van der Waals surface area contributed by atoms with E-state index in [9.17, 15) is 14.4 Å². The number of rotatable bonds is 2. The summed E-state index contributed by atoms with van der Waals surface area (Å²) >= 11 is 0. The number of carboxylic acids is 1. The zero-order chi connectivity index (χ0) is 14.1. The Bertz CT molecular complexity index is 434. The molecule has 98 valence electrons. The fourth-order valence-corrected chi connectivity index (χ4v) is 1.09. The van der Waals surface area contributed by atoms with Gasteiger partial charge in [-0.15, -0.1) is 0 Å². The van der Waals surface area contributed by atoms with Crippen molar-refractivity contribution < 1.29 is 19.5 Å². The van der Waals surface area contributed by atoms with Gasteiger partial charge in [0, 0.05) is 12.6 Å². The predicted octanol–water partition coefficient (Wildman–Crippen LogP) is -1.66. The molecule has 0 bridgehead atoms. The summed E-state index contributed by atoms with van der Waals surface area (Å²) in [5.41, 5.74) is 10.9. The summed E-state index contributed by atoms with van der Waals surface area (Å²) < 4.78 is 0. The van der Waals surface area contributed by atoms with E-state index in [1.165, 1.54) is 7.05 Å². The van der Waals surface area contributed by atoms with E-state index in [1.54, 1.807) is 24.2 Å². The van der Waals surface area contributed by atoms with E-state index in [0.29, 0.717) is 11.1 Å². The minimum absolute atomic E-state index is 0.274. The van der Waals surface area contributed by atoms with Gasteiger partial charge in [-0.3, -0.25) is 9.59 Å². The molecule has 6 N–H and O–H groups in total. The van der Waals surface area contributed by atoms with E-state index < -0.39 is 12.0 Å². The lowest BCUT2D eigenvalue weighted by Crippen LogP contribution is -2.35. The van der Waals surface area contributed by atoms with E-state index in [-0.39, 0.29) is 12.5 Å². The van der Waals surface area contributed by atoms with Crippen LogP contribution in [0.2, 0.25) is 0 Å². The minimum Gasteiger partial charge on any atom is -0.480 e. The molecule has 0 saturated carbocycles. The lowest BCUT2D eigenvalue weighted by Gasteiger charge is -2.15. The second kappa shape index (κ2) is 7.97. The zero-order valence-electron chi connectivity index (χ0n) is 9.84. The molecule has 0 heterocycles. The molecule has 1 aliphatic carbocycles. The number of hydrogen-bond acceptors (Lipinski definition) is 5. The summed E-state index contributed by atoms with van der Waals surface area (Å²) in [6.07, 6.45) is 4.74. The third kappa shape index (κ3) is 4.75. The maximum absolute atomic E-state index is 11.2. The zero-order valence-corrected chi connectivity index (χ0v) is 9.84. The largest absolute Gasteiger partial charge is 0.480 e. The van der Waals surface area contributed by atoms with Gasteiger partial charge < -0.3 is 21.9 Å². The Balaban J connectivity index is 0.000000494. The first-order valence-corrected chi connectivity index (χ1v) is 5.00. The van der Waals surface area contributed by atoms with Crippen LogP contribution >= 0.6 is 0 Å². The monoisotopic (exact) mass is 253 g/mol. The van der Waals surface area contributed by atoms with Gasteiger partial charge in [0.05, 0.1) is 18.2 Å². The van der Waals surface area contributed by atoms with Gasteiger partial charge in [0.15, 0.2) is 0 Å². The minimum atomic E-state index is -0.968. The van der Waals surface area contributed by atoms with Gasteiger partial charge in [-0.2, -0.15) is 0 Å². The van der Waals surface area contributed by atoms with Crippen molar-refractivity contribution in [3.8, 4) is 0 Å². The number of allylic oxidation sites excluding steroid dienone is 2. The number of amides is 1. The standard InChI is InChI=1S/C9H10N2O2.C2H5NO2/c1-11-9(13)7-4-2-3-6(5-12)8(7)10;3-1-2(4)5/h2-4,8H,10H2,1H3,(H,11,13);1,3H2,(H,4,5). The Hall–Kier alpha value is -2.21. The summed E-state index contributed by atoms with van der Waals surface area (Å²) in [6.45, 7) is -0.278. The number of aliphatic carboxylic acids is 1. The van der Waals surface area contributed by atoms with Gasteiger partial charge in [-0.05, 0) is 6.08 Å². The molecule has 0 radical (unpaired) electrons. The van der Waals surface area contributed by atoms with Crippen LogP contribution in [0.15, 0.2) is 29.4 Å². The number of carboxylic acid groups (broad SMARTS) is 1. The highest BCUT2D eigenvalue weighted by atomic mass is 16.4. The molecule has 1 rings (SSSR count). The molecule has 18 heavy (non-hydrogen) atoms. The van der Waals surface area contributed by atoms with Crippen LogP contribution in [0.5, 0.6) is 0 Å². The molecule has 1 atom stereocenters. The van der Waals surface area contributed by atoms with Crippen LogP contribution in [0.25, 0.3) is 0 Å². The Labute approximate surface area is 104 Å². The van der Waals surface area contributed by atoms with E-state index >= 15 is 0 Å². The maximum atomic E-state index is 11.2. The number of carbonyl (C=O) groups is 2. The first-order valence-electron chi connectivity index (χ1n) is 5.00. The van der Waals surface area contributed by atoms with Gasteiger partial charge in [0.2, 0.25) is 5.91 Å². The molecular formula is C11H15N3O4. The number of nitrogens with one attached hydrogen (secondary N) is 1. The molecule has 1 aliphatic rings. The van der Waals surface area contributed by atoms with Crippen molar-refractivity contribution in [2.75, 3.05) is 13.6 Å². The maximum Gasteiger partial charge on any atom is 0.317 e. The quantitative estimate of drug-likeness (QED) is 0.435. The number of carbonyl (C=O) groups excluding carboxylic acids is 2. The smallest absolute Gasteiger partial charge is 0.317 e. The van der Waals surface area contributed by atoms with Crippen molar-refractivity contribution in [1.82, 2.24) is 5.32 Å². The molecule has 0 spiro atoms. The van der Waals surface area contributed by atoms with Crippen molar-refractivity contribution >= 4 is 17.8 Å². The summed E-state index contributed by atoms with van der Waals surface area (Å²) in [4.78, 5) is 30.8. The third-order valence-electron chi connectivity index (χ3n) is 2.00. The molecule has 1 amide bonds. The van der Waals surface area contributed by atoms with E-state index in [4.69, 9.17) is 10.8 Å². The normalized spacial score (nSPS) is 16.9. The predicted molar refractivity (Wildman–Crippen MR) is 65.2 cm³/mol. The second-order valence-electron chi connectivity index (χ2n) is 3.19. The van der Waals surface area contributed by atoms with E-state index in [1.807, 2.05) is 0 Å². The lowest BCUT2D eigenvalue weighted by atomic mass is 9.95. The van der Waals surface area contributed by atoms with Crippen molar-refractivity contribution in [1.29, 1.82) is 0 Å². The Kier molecular flexibility index (Phi) is 6.99. The summed E-state index contributed by atoms with van der Waals surface area (Å²) in [6, 6.07) is -0.664. The highest BCUT2D eigenvalue weighted by molar-refractivity contribution is 5.96. The number of hydrogen-bond donors (Lipinski definition) is 4. The molecule has 0 fully saturated rings. The molecule has 0 aliphatic heterocycles. The van der Waals surface area contributed by atoms with Crippen molar-refractivity contribution in [3.63, 3.8) is 0 Å². The van der Waals surface area contributed by atoms with E-state index in [0.717, 1.165) is 0 Å². The first-order chi connectivity index (χ1) is 8.47. The molecule has 7 nitrogen and oxygen atoms in total. The van der Waals surface area contributed by atoms with Crippen molar-refractivity contribution in [2.45, 2.75) is 6.04 Å². The summed E-state index contributed by atoms with van der Waals surface area (Å²) in [5.74, 6) is 0.456. The average Bonchev–Trinajstić information content (AvgIpc) is 2.38. The van der Waals surface area contributed by atoms with Crippen LogP contribution in [-0.2, 0) is 14.4 Å². The number of nitrogens with two attached hydrogens (primary N) is 2. The molecule has 1 unspecified atom stereocenters. The van der Waals surface area contributed by atoms with Crippen LogP contribution in [0.4, 0.5) is 0 Å². The first kappa shape index (κ1) is 15.8. The fraction of sp³-hybridized carbons (Fsp3) is 0.273. The van der Waals surface area contributed by atoms with Crippen molar-refractivity contribution in [3.05, 3.63) is 29.4 Å². The Morgan fingerprint density at radius 1 is 1.56 bits per heavy atom. The molecule has 0 saturated heterocycles. The second-order valence-corrected chi connectivity index (χ2v) is 3.19.